The highest BCUT2D eigenvalue weighted by molar-refractivity contribution is 6.07. The molecule has 2 aromatic carbocycles. The normalized spacial score (nSPS) is 17.6. The van der Waals surface area contributed by atoms with Crippen molar-refractivity contribution in [1.29, 1.82) is 0 Å². The lowest BCUT2D eigenvalue weighted by Crippen LogP contribution is -2.44. The lowest BCUT2D eigenvalue weighted by atomic mass is 9.86. The van der Waals surface area contributed by atoms with Gasteiger partial charge >= 0.3 is 0 Å². The molecule has 5 heterocycles. The summed E-state index contributed by atoms with van der Waals surface area (Å²) in [6.45, 7) is 7.12. The zero-order valence-electron chi connectivity index (χ0n) is 27.2. The van der Waals surface area contributed by atoms with Gasteiger partial charge < -0.3 is 19.3 Å². The second-order valence-corrected chi connectivity index (χ2v) is 12.9. The van der Waals surface area contributed by atoms with E-state index in [2.05, 4.69) is 10.00 Å². The molecule has 244 valence electrons. The van der Waals surface area contributed by atoms with Gasteiger partial charge in [-0.15, -0.1) is 0 Å². The monoisotopic (exact) mass is 637 g/mol. The van der Waals surface area contributed by atoms with Gasteiger partial charge in [0.2, 0.25) is 5.91 Å². The Morgan fingerprint density at radius 3 is 2.66 bits per heavy atom. The molecule has 2 aliphatic heterocycles. The fourth-order valence-corrected chi connectivity index (χ4v) is 6.95. The van der Waals surface area contributed by atoms with Gasteiger partial charge in [-0.05, 0) is 55.7 Å². The number of carbonyl (C=O) groups is 1. The topological polar surface area (TPSA) is 116 Å². The smallest absolute Gasteiger partial charge is 0.261 e. The van der Waals surface area contributed by atoms with Crippen LogP contribution in [0.25, 0.3) is 16.6 Å². The van der Waals surface area contributed by atoms with Crippen LogP contribution in [0.4, 0.5) is 11.4 Å². The number of morpholine rings is 1. The Kier molecular flexibility index (Phi) is 7.93. The molecule has 7 rings (SSSR count). The highest BCUT2D eigenvalue weighted by Crippen LogP contribution is 2.41. The first-order chi connectivity index (χ1) is 22.7. The number of ether oxygens (including phenoxy) is 2. The van der Waals surface area contributed by atoms with Crippen molar-refractivity contribution >= 4 is 33.8 Å². The lowest BCUT2D eigenvalue weighted by molar-refractivity contribution is -0.121. The minimum Gasteiger partial charge on any atom is -0.382 e. The molecule has 2 aliphatic rings. The Labute approximate surface area is 271 Å². The highest BCUT2D eigenvalue weighted by atomic mass is 16.5. The minimum atomic E-state index is -0.573. The third-order valence-electron chi connectivity index (χ3n) is 9.54. The summed E-state index contributed by atoms with van der Waals surface area (Å²) in [7, 11) is 3.47. The van der Waals surface area contributed by atoms with Crippen LogP contribution in [0.1, 0.15) is 30.8 Å². The predicted molar refractivity (Wildman–Crippen MR) is 180 cm³/mol. The number of methoxy groups -OCH3 is 1. The van der Waals surface area contributed by atoms with Crippen LogP contribution in [0, 0.1) is 0 Å². The lowest BCUT2D eigenvalue weighted by Gasteiger charge is -2.34. The largest absolute Gasteiger partial charge is 0.382 e. The molecule has 47 heavy (non-hydrogen) atoms. The van der Waals surface area contributed by atoms with Crippen molar-refractivity contribution in [3.63, 3.8) is 0 Å². The molecule has 1 amide bonds. The van der Waals surface area contributed by atoms with E-state index in [0.29, 0.717) is 68.1 Å². The predicted octanol–water partition coefficient (Wildman–Crippen LogP) is 2.80. The first-order valence-electron chi connectivity index (χ1n) is 16.0. The molecule has 0 spiro atoms. The van der Waals surface area contributed by atoms with E-state index in [9.17, 15) is 14.4 Å². The SMILES string of the molecule is COC[C@H]1CN(c2ccc3c(=O)n(CCc4ccc5c(c4)N(C)C(=O)C5(C)C)c(CCn4c(=O)ccn5nccc45)nc3c2)CCO1. The maximum absolute atomic E-state index is 14.1. The zero-order valence-corrected chi connectivity index (χ0v) is 27.2. The van der Waals surface area contributed by atoms with E-state index in [1.54, 1.807) is 44.1 Å². The molecule has 0 aliphatic carbocycles. The summed E-state index contributed by atoms with van der Waals surface area (Å²) in [5.74, 6) is 0.665. The van der Waals surface area contributed by atoms with E-state index in [1.807, 2.05) is 57.3 Å². The van der Waals surface area contributed by atoms with Crippen LogP contribution < -0.4 is 20.9 Å². The van der Waals surface area contributed by atoms with Crippen LogP contribution >= 0.6 is 0 Å². The quantitative estimate of drug-likeness (QED) is 0.242. The van der Waals surface area contributed by atoms with Gasteiger partial charge in [0, 0.05) is 76.5 Å². The van der Waals surface area contributed by atoms with E-state index in [4.69, 9.17) is 14.5 Å². The van der Waals surface area contributed by atoms with Crippen LogP contribution in [-0.2, 0) is 45.6 Å². The van der Waals surface area contributed by atoms with Crippen molar-refractivity contribution in [1.82, 2.24) is 23.7 Å². The number of fused-ring (bicyclic) bond motifs is 3. The number of amides is 1. The highest BCUT2D eigenvalue weighted by Gasteiger charge is 2.42. The number of hydrogen-bond donors (Lipinski definition) is 0. The molecular formula is C35H39N7O5. The van der Waals surface area contributed by atoms with Crippen LogP contribution in [0.15, 0.2) is 70.5 Å². The summed E-state index contributed by atoms with van der Waals surface area (Å²) >= 11 is 0. The number of aryl methyl sites for hydroxylation is 3. The second kappa shape index (κ2) is 12.1. The number of carbonyl (C=O) groups excluding carboxylic acids is 1. The summed E-state index contributed by atoms with van der Waals surface area (Å²) in [5.41, 5.74) is 4.34. The third-order valence-corrected chi connectivity index (χ3v) is 9.54. The van der Waals surface area contributed by atoms with Gasteiger partial charge in [0.05, 0.1) is 41.8 Å². The Bertz CT molecular complexity index is 2110. The van der Waals surface area contributed by atoms with Crippen molar-refractivity contribution in [3.05, 3.63) is 98.6 Å². The van der Waals surface area contributed by atoms with Gasteiger partial charge in [-0.3, -0.25) is 23.5 Å². The van der Waals surface area contributed by atoms with Crippen molar-refractivity contribution in [2.45, 2.75) is 51.3 Å². The molecule has 5 aromatic rings. The number of likely N-dealkylation sites (N-methyl/N-ethyl adjacent to an activating group) is 1. The molecule has 12 nitrogen and oxygen atoms in total. The average Bonchev–Trinajstić information content (AvgIpc) is 3.61. The molecule has 0 saturated carbocycles. The zero-order chi connectivity index (χ0) is 32.9. The Balaban J connectivity index is 1.24. The second-order valence-electron chi connectivity index (χ2n) is 12.9. The molecule has 0 N–H and O–H groups in total. The number of benzene rings is 2. The Morgan fingerprint density at radius 2 is 1.83 bits per heavy atom. The maximum atomic E-state index is 14.1. The minimum absolute atomic E-state index is 0.0336. The van der Waals surface area contributed by atoms with E-state index in [0.717, 1.165) is 29.0 Å². The fourth-order valence-electron chi connectivity index (χ4n) is 6.95. The van der Waals surface area contributed by atoms with Gasteiger partial charge in [0.15, 0.2) is 0 Å². The molecular weight excluding hydrogens is 598 g/mol. The summed E-state index contributed by atoms with van der Waals surface area (Å²) in [5, 5.41) is 4.80. The van der Waals surface area contributed by atoms with Crippen molar-refractivity contribution in [2.24, 2.45) is 0 Å². The first kappa shape index (κ1) is 30.8. The van der Waals surface area contributed by atoms with Crippen LogP contribution in [-0.4, -0.2) is 76.2 Å². The summed E-state index contributed by atoms with van der Waals surface area (Å²) in [4.78, 5) is 48.9. The molecule has 0 unspecified atom stereocenters. The summed E-state index contributed by atoms with van der Waals surface area (Å²) in [6, 6.07) is 15.2. The fraction of sp³-hybridized carbons (Fsp3) is 0.400. The van der Waals surface area contributed by atoms with Gasteiger partial charge in [0.25, 0.3) is 11.1 Å². The van der Waals surface area contributed by atoms with Crippen LogP contribution in [0.2, 0.25) is 0 Å². The van der Waals surface area contributed by atoms with E-state index < -0.39 is 5.41 Å². The molecule has 0 radical (unpaired) electrons. The van der Waals surface area contributed by atoms with Crippen molar-refractivity contribution in [3.8, 4) is 0 Å². The van der Waals surface area contributed by atoms with Gasteiger partial charge in [-0.1, -0.05) is 12.1 Å². The van der Waals surface area contributed by atoms with Crippen molar-refractivity contribution in [2.75, 3.05) is 50.3 Å². The molecule has 12 heteroatoms. The summed E-state index contributed by atoms with van der Waals surface area (Å²) in [6.07, 6.45) is 4.20. The molecule has 0 bridgehead atoms. The Hall–Kier alpha value is -4.81. The molecule has 1 atom stereocenters. The van der Waals surface area contributed by atoms with Gasteiger partial charge in [-0.25, -0.2) is 9.50 Å². The van der Waals surface area contributed by atoms with E-state index in [-0.39, 0.29) is 23.1 Å². The average molecular weight is 638 g/mol. The van der Waals surface area contributed by atoms with Gasteiger partial charge in [0.1, 0.15) is 11.5 Å². The number of rotatable bonds is 9. The van der Waals surface area contributed by atoms with Crippen LogP contribution in [0.5, 0.6) is 0 Å². The third kappa shape index (κ3) is 5.51. The number of nitrogens with zero attached hydrogens (tertiary/aromatic N) is 7. The number of hydrogen-bond acceptors (Lipinski definition) is 8. The van der Waals surface area contributed by atoms with Gasteiger partial charge in [-0.2, -0.15) is 5.10 Å². The first-order valence-corrected chi connectivity index (χ1v) is 16.0. The van der Waals surface area contributed by atoms with Crippen molar-refractivity contribution < 1.29 is 14.3 Å². The molecule has 3 aromatic heterocycles. The Morgan fingerprint density at radius 1 is 1.00 bits per heavy atom. The summed E-state index contributed by atoms with van der Waals surface area (Å²) < 4.78 is 16.2. The van der Waals surface area contributed by atoms with E-state index >= 15 is 0 Å². The standard InChI is InChI=1S/C35H39N7O5/c1-35(2)27-8-5-23(19-29(27)38(3)34(35)45)10-14-40-30(11-15-41-31-9-13-36-42(31)16-12-32(41)43)37-28-20-24(6-7-26(28)33(40)44)39-17-18-47-25(21-39)22-46-4/h5-9,12-13,16,19-20,25H,10-11,14-15,17-18,21-22H2,1-4H3/t25-/m1/s1. The molecule has 1 saturated heterocycles. The number of anilines is 2. The van der Waals surface area contributed by atoms with E-state index in [1.165, 1.54) is 6.07 Å². The molecule has 1 fully saturated rings. The number of aromatic nitrogens is 5. The van der Waals surface area contributed by atoms with Crippen LogP contribution in [0.3, 0.4) is 0 Å². The maximum Gasteiger partial charge on any atom is 0.261 e.